The van der Waals surface area contributed by atoms with Gasteiger partial charge in [-0.2, -0.15) is 0 Å². The first kappa shape index (κ1) is 17.4. The molecule has 0 saturated carbocycles. The second-order valence-corrected chi connectivity index (χ2v) is 5.68. The molecule has 131 valence electrons. The van der Waals surface area contributed by atoms with Crippen LogP contribution in [0.25, 0.3) is 10.8 Å². The van der Waals surface area contributed by atoms with Gasteiger partial charge in [0.15, 0.2) is 0 Å². The van der Waals surface area contributed by atoms with Crippen LogP contribution in [0.1, 0.15) is 15.9 Å². The average molecular weight is 349 g/mol. The molecule has 1 aromatic heterocycles. The van der Waals surface area contributed by atoms with Gasteiger partial charge in [0.2, 0.25) is 5.91 Å². The maximum atomic E-state index is 12.3. The standard InChI is InChI=1S/C19H17N4O3/c20-17-14-6-5-13(9-12(14)7-8-22-17)23-19(26)16(24)10-11-3-1-2-4-15(11)18(21)25/h1-10,16,24H,(H2,20,22)(H2,21,25)(H,23,26). The molecular formula is C19H17N4O3. The Morgan fingerprint density at radius 2 is 1.92 bits per heavy atom. The smallest absolute Gasteiger partial charge is 0.253 e. The molecule has 1 radical (unpaired) electrons. The van der Waals surface area contributed by atoms with Crippen molar-refractivity contribution in [2.75, 3.05) is 11.1 Å². The number of carbonyl (C=O) groups excluding carboxylic acids is 2. The zero-order chi connectivity index (χ0) is 18.7. The van der Waals surface area contributed by atoms with Crippen molar-refractivity contribution in [3.05, 3.63) is 72.3 Å². The van der Waals surface area contributed by atoms with E-state index < -0.39 is 17.9 Å². The number of hydrogen-bond acceptors (Lipinski definition) is 5. The molecule has 0 aliphatic carbocycles. The summed E-state index contributed by atoms with van der Waals surface area (Å²) in [7, 11) is 0. The number of nitrogens with zero attached hydrogens (tertiary/aromatic N) is 1. The second-order valence-electron chi connectivity index (χ2n) is 5.68. The SMILES string of the molecule is NC(=O)c1ccccc1[CH]C(O)C(=O)Nc1ccc2c(N)nccc2c1. The molecule has 7 nitrogen and oxygen atoms in total. The number of aliphatic hydroxyl groups is 1. The summed E-state index contributed by atoms with van der Waals surface area (Å²) in [4.78, 5) is 27.7. The van der Waals surface area contributed by atoms with E-state index in [1.54, 1.807) is 48.7 Å². The molecule has 0 aliphatic heterocycles. The van der Waals surface area contributed by atoms with Gasteiger partial charge in [0, 0.05) is 29.3 Å². The summed E-state index contributed by atoms with van der Waals surface area (Å²) in [5.41, 5.74) is 12.2. The first-order valence-corrected chi connectivity index (χ1v) is 7.82. The van der Waals surface area contributed by atoms with Crippen LogP contribution in [0.3, 0.4) is 0 Å². The number of aromatic nitrogens is 1. The van der Waals surface area contributed by atoms with E-state index in [0.29, 0.717) is 17.1 Å². The third kappa shape index (κ3) is 3.62. The van der Waals surface area contributed by atoms with Crippen molar-refractivity contribution in [2.24, 2.45) is 5.73 Å². The van der Waals surface area contributed by atoms with E-state index in [2.05, 4.69) is 10.3 Å². The van der Waals surface area contributed by atoms with Crippen molar-refractivity contribution in [1.29, 1.82) is 0 Å². The molecule has 3 aromatic rings. The predicted molar refractivity (Wildman–Crippen MR) is 99.2 cm³/mol. The molecule has 3 rings (SSSR count). The summed E-state index contributed by atoms with van der Waals surface area (Å²) in [5.74, 6) is -0.868. The van der Waals surface area contributed by atoms with Gasteiger partial charge in [0.1, 0.15) is 11.9 Å². The Kier molecular flexibility index (Phi) is 4.81. The minimum atomic E-state index is -1.45. The molecular weight excluding hydrogens is 332 g/mol. The van der Waals surface area contributed by atoms with Crippen LogP contribution in [0.2, 0.25) is 0 Å². The molecule has 0 fully saturated rings. The number of anilines is 2. The number of primary amides is 1. The fraction of sp³-hybridized carbons (Fsp3) is 0.0526. The van der Waals surface area contributed by atoms with Gasteiger partial charge in [0.25, 0.3) is 5.91 Å². The highest BCUT2D eigenvalue weighted by atomic mass is 16.3. The minimum Gasteiger partial charge on any atom is -0.383 e. The zero-order valence-electron chi connectivity index (χ0n) is 13.7. The molecule has 0 spiro atoms. The van der Waals surface area contributed by atoms with Crippen molar-refractivity contribution in [3.8, 4) is 0 Å². The van der Waals surface area contributed by atoms with E-state index in [4.69, 9.17) is 11.5 Å². The van der Waals surface area contributed by atoms with Gasteiger partial charge in [-0.25, -0.2) is 4.98 Å². The van der Waals surface area contributed by atoms with Crippen LogP contribution in [0.4, 0.5) is 11.5 Å². The van der Waals surface area contributed by atoms with E-state index in [9.17, 15) is 14.7 Å². The van der Waals surface area contributed by atoms with Crippen LogP contribution in [0, 0.1) is 6.42 Å². The molecule has 0 aliphatic rings. The van der Waals surface area contributed by atoms with Crippen LogP contribution < -0.4 is 16.8 Å². The maximum absolute atomic E-state index is 12.3. The van der Waals surface area contributed by atoms with Gasteiger partial charge in [-0.1, -0.05) is 18.2 Å². The fourth-order valence-electron chi connectivity index (χ4n) is 2.61. The molecule has 2 aromatic carbocycles. The van der Waals surface area contributed by atoms with E-state index in [0.717, 1.165) is 10.8 Å². The lowest BCUT2D eigenvalue weighted by atomic mass is 10.0. The van der Waals surface area contributed by atoms with E-state index >= 15 is 0 Å². The van der Waals surface area contributed by atoms with E-state index in [-0.39, 0.29) is 5.56 Å². The highest BCUT2D eigenvalue weighted by Crippen LogP contribution is 2.23. The number of benzene rings is 2. The van der Waals surface area contributed by atoms with Crippen LogP contribution in [-0.4, -0.2) is 28.0 Å². The van der Waals surface area contributed by atoms with Crippen molar-refractivity contribution < 1.29 is 14.7 Å². The molecule has 2 amide bonds. The molecule has 0 bridgehead atoms. The lowest BCUT2D eigenvalue weighted by molar-refractivity contribution is -0.122. The highest BCUT2D eigenvalue weighted by molar-refractivity contribution is 6.00. The monoisotopic (exact) mass is 349 g/mol. The summed E-state index contributed by atoms with van der Waals surface area (Å²) < 4.78 is 0. The molecule has 1 atom stereocenters. The lowest BCUT2D eigenvalue weighted by Crippen LogP contribution is -2.29. The molecule has 0 saturated heterocycles. The van der Waals surface area contributed by atoms with Crippen molar-refractivity contribution in [3.63, 3.8) is 0 Å². The summed E-state index contributed by atoms with van der Waals surface area (Å²) in [5, 5.41) is 14.4. The lowest BCUT2D eigenvalue weighted by Gasteiger charge is -2.13. The number of aliphatic hydroxyl groups excluding tert-OH is 1. The van der Waals surface area contributed by atoms with Crippen LogP contribution in [0.5, 0.6) is 0 Å². The van der Waals surface area contributed by atoms with E-state index in [1.807, 2.05) is 0 Å². The Balaban J connectivity index is 1.75. The van der Waals surface area contributed by atoms with Gasteiger partial charge in [0.05, 0.1) is 0 Å². The molecule has 1 unspecified atom stereocenters. The molecule has 1 heterocycles. The number of nitrogens with two attached hydrogens (primary N) is 2. The van der Waals surface area contributed by atoms with Crippen LogP contribution >= 0.6 is 0 Å². The minimum absolute atomic E-state index is 0.230. The number of fused-ring (bicyclic) bond motifs is 1. The molecule has 6 N–H and O–H groups in total. The van der Waals surface area contributed by atoms with Gasteiger partial charge in [-0.3, -0.25) is 9.59 Å². The summed E-state index contributed by atoms with van der Waals surface area (Å²) >= 11 is 0. The normalized spacial score (nSPS) is 11.9. The number of nitrogens with one attached hydrogen (secondary N) is 1. The van der Waals surface area contributed by atoms with Crippen molar-refractivity contribution in [2.45, 2.75) is 6.10 Å². The van der Waals surface area contributed by atoms with Gasteiger partial charge in [-0.05, 0) is 41.3 Å². The number of nitrogen functional groups attached to an aromatic ring is 1. The Morgan fingerprint density at radius 3 is 2.69 bits per heavy atom. The van der Waals surface area contributed by atoms with Crippen LogP contribution in [-0.2, 0) is 4.79 Å². The Morgan fingerprint density at radius 1 is 1.15 bits per heavy atom. The first-order valence-electron chi connectivity index (χ1n) is 7.82. The maximum Gasteiger partial charge on any atom is 0.253 e. The zero-order valence-corrected chi connectivity index (χ0v) is 13.7. The Labute approximate surface area is 149 Å². The quantitative estimate of drug-likeness (QED) is 0.554. The Hall–Kier alpha value is -3.45. The summed E-state index contributed by atoms with van der Waals surface area (Å²) in [6, 6.07) is 13.4. The fourth-order valence-corrected chi connectivity index (χ4v) is 2.61. The topological polar surface area (TPSA) is 131 Å². The molecule has 7 heteroatoms. The van der Waals surface area contributed by atoms with Gasteiger partial charge in [-0.15, -0.1) is 0 Å². The average Bonchev–Trinajstić information content (AvgIpc) is 2.62. The highest BCUT2D eigenvalue weighted by Gasteiger charge is 2.19. The predicted octanol–water partition coefficient (Wildman–Crippen LogP) is 1.47. The van der Waals surface area contributed by atoms with Crippen molar-refractivity contribution >= 4 is 34.1 Å². The van der Waals surface area contributed by atoms with Crippen LogP contribution in [0.15, 0.2) is 54.7 Å². The number of pyridine rings is 1. The summed E-state index contributed by atoms with van der Waals surface area (Å²) in [6.07, 6.45) is 1.40. The molecule has 26 heavy (non-hydrogen) atoms. The van der Waals surface area contributed by atoms with E-state index in [1.165, 1.54) is 12.5 Å². The number of hydrogen-bond donors (Lipinski definition) is 4. The summed E-state index contributed by atoms with van der Waals surface area (Å²) in [6.45, 7) is 0. The third-order valence-electron chi connectivity index (χ3n) is 3.90. The number of rotatable bonds is 5. The second kappa shape index (κ2) is 7.20. The van der Waals surface area contributed by atoms with Crippen molar-refractivity contribution in [1.82, 2.24) is 4.98 Å². The van der Waals surface area contributed by atoms with Gasteiger partial charge >= 0.3 is 0 Å². The number of amides is 2. The first-order chi connectivity index (χ1) is 12.5. The largest absolute Gasteiger partial charge is 0.383 e. The van der Waals surface area contributed by atoms with Gasteiger partial charge < -0.3 is 21.9 Å². The number of carbonyl (C=O) groups is 2. The third-order valence-corrected chi connectivity index (χ3v) is 3.90. The Bertz CT molecular complexity index is 987.